The molecule has 2 unspecified atom stereocenters. The Morgan fingerprint density at radius 1 is 1.12 bits per heavy atom. The van der Waals surface area contributed by atoms with Crippen molar-refractivity contribution in [3.05, 3.63) is 59.4 Å². The molecule has 2 amide bonds. The molecule has 1 aromatic heterocycles. The first-order valence-corrected chi connectivity index (χ1v) is 13.7. The summed E-state index contributed by atoms with van der Waals surface area (Å²) in [4.78, 5) is 35.3. The van der Waals surface area contributed by atoms with E-state index in [1.165, 1.54) is 12.1 Å². The molecule has 4 aliphatic rings. The minimum atomic E-state index is -4.47. The number of piperidine rings is 1. The number of hydrogen-bond acceptors (Lipinski definition) is 8. The monoisotopic (exact) mass is 569 g/mol. The summed E-state index contributed by atoms with van der Waals surface area (Å²) in [6.45, 7) is 1.07. The summed E-state index contributed by atoms with van der Waals surface area (Å²) >= 11 is 0. The van der Waals surface area contributed by atoms with Gasteiger partial charge in [0.25, 0.3) is 5.91 Å². The van der Waals surface area contributed by atoms with Gasteiger partial charge in [0.2, 0.25) is 11.9 Å². The fourth-order valence-corrected chi connectivity index (χ4v) is 6.08. The molecule has 3 fully saturated rings. The number of nitrogens with zero attached hydrogens (tertiary/aromatic N) is 3. The van der Waals surface area contributed by atoms with Crippen molar-refractivity contribution >= 4 is 29.2 Å². The maximum absolute atomic E-state index is 13.5. The van der Waals surface area contributed by atoms with Crippen LogP contribution in [0.1, 0.15) is 53.7 Å². The molecule has 216 valence electrons. The number of benzene rings is 1. The fourth-order valence-electron chi connectivity index (χ4n) is 6.08. The highest BCUT2D eigenvalue weighted by molar-refractivity contribution is 5.92. The smallest absolute Gasteiger partial charge is 0.416 e. The van der Waals surface area contributed by atoms with Crippen molar-refractivity contribution in [3.8, 4) is 5.75 Å². The van der Waals surface area contributed by atoms with E-state index in [1.54, 1.807) is 12.3 Å². The molecule has 0 saturated carbocycles. The summed E-state index contributed by atoms with van der Waals surface area (Å²) in [6.07, 6.45) is 4.07. The van der Waals surface area contributed by atoms with Crippen LogP contribution in [0, 0.1) is 0 Å². The maximum atomic E-state index is 13.5. The molecule has 0 radical (unpaired) electrons. The Bertz CT molecular complexity index is 1410. The van der Waals surface area contributed by atoms with E-state index < -0.39 is 23.7 Å². The van der Waals surface area contributed by atoms with Crippen LogP contribution in [-0.2, 0) is 11.0 Å². The van der Waals surface area contributed by atoms with E-state index >= 15 is 0 Å². The quantitative estimate of drug-likeness (QED) is 0.400. The standard InChI is InChI=1S/C28H30F3N7O3/c29-28(30,31)16-1-4-23(20(11-16)15-5-8-33-9-6-15)41-19-12-17-2-3-18(13-19)38(17)27-36-22(25(32)39)14-24(37-27)35-21-7-10-34-26(21)40/h1,4-6,8,11,14,17-19,21,33H,2-3,7,9-10,12-13H2,(H2,32,39)(H,34,40)(H,35,36,37)/t17?,18?,19?,21-/m0/s1. The van der Waals surface area contributed by atoms with Gasteiger partial charge in [0, 0.05) is 49.6 Å². The lowest BCUT2D eigenvalue weighted by Crippen LogP contribution is -2.47. The number of amides is 2. The molecular weight excluding hydrogens is 539 g/mol. The van der Waals surface area contributed by atoms with E-state index in [2.05, 4.69) is 30.8 Å². The highest BCUT2D eigenvalue weighted by atomic mass is 19.4. The summed E-state index contributed by atoms with van der Waals surface area (Å²) < 4.78 is 47.0. The molecule has 6 rings (SSSR count). The SMILES string of the molecule is NC(=O)c1cc(N[C@H]2CCNC2=O)nc(N2C3CCC2CC(Oc2ccc(C(F)(F)F)cc2C2=CCNC=C2)C3)n1. The average Bonchev–Trinajstić information content (AvgIpc) is 3.47. The van der Waals surface area contributed by atoms with Gasteiger partial charge in [-0.3, -0.25) is 9.59 Å². The number of dihydropyridines is 1. The average molecular weight is 570 g/mol. The second kappa shape index (κ2) is 10.6. The van der Waals surface area contributed by atoms with Crippen molar-refractivity contribution < 1.29 is 27.5 Å². The number of anilines is 2. The Balaban J connectivity index is 1.24. The summed E-state index contributed by atoms with van der Waals surface area (Å²) in [5, 5.41) is 8.87. The molecule has 41 heavy (non-hydrogen) atoms. The molecule has 2 aromatic rings. The molecule has 3 atom stereocenters. The number of aromatic nitrogens is 2. The number of nitrogens with two attached hydrogens (primary N) is 1. The predicted octanol–water partition coefficient (Wildman–Crippen LogP) is 2.97. The zero-order chi connectivity index (χ0) is 28.7. The fraction of sp³-hybridized carbons (Fsp3) is 0.429. The van der Waals surface area contributed by atoms with E-state index in [-0.39, 0.29) is 29.8 Å². The van der Waals surface area contributed by atoms with Gasteiger partial charge < -0.3 is 31.3 Å². The highest BCUT2D eigenvalue weighted by Crippen LogP contribution is 2.42. The maximum Gasteiger partial charge on any atom is 0.416 e. The number of rotatable bonds is 7. The first-order chi connectivity index (χ1) is 19.7. The largest absolute Gasteiger partial charge is 0.490 e. The van der Waals surface area contributed by atoms with Crippen LogP contribution in [0.4, 0.5) is 24.9 Å². The lowest BCUT2D eigenvalue weighted by atomic mass is 9.98. The van der Waals surface area contributed by atoms with Crippen molar-refractivity contribution in [3.63, 3.8) is 0 Å². The minimum absolute atomic E-state index is 0.000367. The molecule has 5 N–H and O–H groups in total. The van der Waals surface area contributed by atoms with Crippen LogP contribution in [-0.4, -0.2) is 59.1 Å². The van der Waals surface area contributed by atoms with Crippen LogP contribution in [0.25, 0.3) is 5.57 Å². The van der Waals surface area contributed by atoms with Crippen LogP contribution in [0.15, 0.2) is 42.6 Å². The topological polar surface area (TPSA) is 134 Å². The molecule has 10 nitrogen and oxygen atoms in total. The number of allylic oxidation sites excluding steroid dienone is 2. The van der Waals surface area contributed by atoms with Crippen molar-refractivity contribution in [1.82, 2.24) is 20.6 Å². The Kier molecular flexibility index (Phi) is 6.96. The lowest BCUT2D eigenvalue weighted by molar-refractivity contribution is -0.137. The van der Waals surface area contributed by atoms with Crippen LogP contribution in [0.3, 0.4) is 0 Å². The number of carbonyl (C=O) groups is 2. The highest BCUT2D eigenvalue weighted by Gasteiger charge is 2.43. The molecule has 2 bridgehead atoms. The molecule has 13 heteroatoms. The number of ether oxygens (including phenoxy) is 1. The first-order valence-electron chi connectivity index (χ1n) is 13.7. The van der Waals surface area contributed by atoms with Gasteiger partial charge in [-0.2, -0.15) is 18.2 Å². The van der Waals surface area contributed by atoms with Crippen molar-refractivity contribution in [2.75, 3.05) is 23.3 Å². The Morgan fingerprint density at radius 3 is 2.54 bits per heavy atom. The molecule has 3 saturated heterocycles. The van der Waals surface area contributed by atoms with Gasteiger partial charge in [-0.1, -0.05) is 6.08 Å². The number of primary amides is 1. The van der Waals surface area contributed by atoms with Gasteiger partial charge in [0.05, 0.1) is 5.56 Å². The Labute approximate surface area is 234 Å². The van der Waals surface area contributed by atoms with E-state index in [0.717, 1.165) is 25.0 Å². The molecular formula is C28H30F3N7O3. The number of nitrogens with one attached hydrogen (secondary N) is 3. The third-order valence-electron chi connectivity index (χ3n) is 7.99. The molecule has 5 heterocycles. The van der Waals surface area contributed by atoms with E-state index in [1.807, 2.05) is 6.08 Å². The van der Waals surface area contributed by atoms with Gasteiger partial charge in [-0.15, -0.1) is 0 Å². The van der Waals surface area contributed by atoms with Crippen LogP contribution < -0.4 is 31.3 Å². The van der Waals surface area contributed by atoms with Crippen molar-refractivity contribution in [2.45, 2.75) is 62.5 Å². The number of hydrogen-bond donors (Lipinski definition) is 4. The van der Waals surface area contributed by atoms with Gasteiger partial charge >= 0.3 is 6.18 Å². The van der Waals surface area contributed by atoms with Crippen molar-refractivity contribution in [1.29, 1.82) is 0 Å². The summed E-state index contributed by atoms with van der Waals surface area (Å²) in [6, 6.07) is 4.59. The zero-order valence-electron chi connectivity index (χ0n) is 22.1. The van der Waals surface area contributed by atoms with Gasteiger partial charge in [0.15, 0.2) is 0 Å². The van der Waals surface area contributed by atoms with Gasteiger partial charge in [-0.25, -0.2) is 4.98 Å². The Morgan fingerprint density at radius 2 is 1.90 bits per heavy atom. The lowest BCUT2D eigenvalue weighted by Gasteiger charge is -2.39. The van der Waals surface area contributed by atoms with Crippen LogP contribution >= 0.6 is 0 Å². The predicted molar refractivity (Wildman–Crippen MR) is 145 cm³/mol. The first kappa shape index (κ1) is 26.9. The molecule has 4 aliphatic heterocycles. The van der Waals surface area contributed by atoms with Crippen molar-refractivity contribution in [2.24, 2.45) is 5.73 Å². The molecule has 1 aromatic carbocycles. The van der Waals surface area contributed by atoms with E-state index in [0.29, 0.717) is 61.0 Å². The van der Waals surface area contributed by atoms with Crippen LogP contribution in [0.5, 0.6) is 5.75 Å². The summed E-state index contributed by atoms with van der Waals surface area (Å²) in [5.41, 5.74) is 5.95. The number of alkyl halides is 3. The number of fused-ring (bicyclic) bond motifs is 2. The van der Waals surface area contributed by atoms with E-state index in [9.17, 15) is 22.8 Å². The Hall–Kier alpha value is -4.29. The third-order valence-corrected chi connectivity index (χ3v) is 7.99. The van der Waals surface area contributed by atoms with Gasteiger partial charge in [0.1, 0.15) is 29.4 Å². The molecule has 0 aliphatic carbocycles. The normalized spacial score (nSPS) is 25.4. The second-order valence-corrected chi connectivity index (χ2v) is 10.7. The molecule has 0 spiro atoms. The second-order valence-electron chi connectivity index (χ2n) is 10.7. The number of carbonyl (C=O) groups excluding carboxylic acids is 2. The van der Waals surface area contributed by atoms with Gasteiger partial charge in [-0.05, 0) is 55.3 Å². The summed E-state index contributed by atoms with van der Waals surface area (Å²) in [5.74, 6) is 0.271. The minimum Gasteiger partial charge on any atom is -0.490 e. The third kappa shape index (κ3) is 5.52. The number of halogens is 3. The van der Waals surface area contributed by atoms with E-state index in [4.69, 9.17) is 10.5 Å². The van der Waals surface area contributed by atoms with Crippen LogP contribution in [0.2, 0.25) is 0 Å². The zero-order valence-corrected chi connectivity index (χ0v) is 22.1. The summed E-state index contributed by atoms with van der Waals surface area (Å²) in [7, 11) is 0.